The van der Waals surface area contributed by atoms with Crippen molar-refractivity contribution in [1.29, 1.82) is 0 Å². The van der Waals surface area contributed by atoms with E-state index >= 15 is 0 Å². The van der Waals surface area contributed by atoms with Gasteiger partial charge in [-0.25, -0.2) is 0 Å². The van der Waals surface area contributed by atoms with Crippen LogP contribution in [0.4, 0.5) is 11.6 Å². The van der Waals surface area contributed by atoms with Crippen molar-refractivity contribution < 1.29 is 23.6 Å². The maximum atomic E-state index is 12.0. The third-order valence-corrected chi connectivity index (χ3v) is 4.11. The predicted octanol–water partition coefficient (Wildman–Crippen LogP) is 3.33. The van der Waals surface area contributed by atoms with Gasteiger partial charge in [0.1, 0.15) is 5.69 Å². The number of rotatable bonds is 7. The Morgan fingerprint density at radius 2 is 1.70 bits per heavy atom. The van der Waals surface area contributed by atoms with Crippen LogP contribution in [0.5, 0.6) is 0 Å². The Morgan fingerprint density at radius 3 is 2.37 bits per heavy atom. The molecule has 154 valence electrons. The Labute approximate surface area is 173 Å². The summed E-state index contributed by atoms with van der Waals surface area (Å²) < 4.78 is 10.1. The summed E-state index contributed by atoms with van der Waals surface area (Å²) in [5.74, 6) is -1.09. The van der Waals surface area contributed by atoms with E-state index in [1.54, 1.807) is 30.3 Å². The fraction of sp³-hybridized carbons (Fsp3) is 0.182. The first-order chi connectivity index (χ1) is 14.4. The molecule has 0 aliphatic carbocycles. The highest BCUT2D eigenvalue weighted by atomic mass is 16.5. The van der Waals surface area contributed by atoms with Gasteiger partial charge >= 0.3 is 5.97 Å². The average molecular weight is 407 g/mol. The molecule has 0 fully saturated rings. The van der Waals surface area contributed by atoms with Gasteiger partial charge in [0.05, 0.1) is 6.42 Å². The molecule has 8 heteroatoms. The van der Waals surface area contributed by atoms with E-state index in [-0.39, 0.29) is 18.2 Å². The van der Waals surface area contributed by atoms with E-state index in [9.17, 15) is 14.4 Å². The van der Waals surface area contributed by atoms with E-state index in [0.717, 1.165) is 11.1 Å². The van der Waals surface area contributed by atoms with Gasteiger partial charge in [0, 0.05) is 24.2 Å². The smallest absolute Gasteiger partial charge is 0.310 e. The van der Waals surface area contributed by atoms with Gasteiger partial charge in [0.15, 0.2) is 6.61 Å². The van der Waals surface area contributed by atoms with Crippen LogP contribution in [0.1, 0.15) is 18.1 Å². The SMILES string of the molecule is CC(=O)Nc1ccc(CC(=O)OCC(=O)Nc2cc(-c3ccc(C)cc3)no2)cc1. The van der Waals surface area contributed by atoms with Crippen molar-refractivity contribution in [3.63, 3.8) is 0 Å². The summed E-state index contributed by atoms with van der Waals surface area (Å²) in [6, 6.07) is 16.1. The van der Waals surface area contributed by atoms with Crippen LogP contribution in [0, 0.1) is 6.92 Å². The van der Waals surface area contributed by atoms with E-state index in [0.29, 0.717) is 16.9 Å². The highest BCUT2D eigenvalue weighted by Crippen LogP contribution is 2.22. The van der Waals surface area contributed by atoms with Crippen LogP contribution < -0.4 is 10.6 Å². The number of aromatic nitrogens is 1. The van der Waals surface area contributed by atoms with Gasteiger partial charge in [-0.2, -0.15) is 0 Å². The number of amides is 2. The van der Waals surface area contributed by atoms with Crippen LogP contribution in [0.3, 0.4) is 0 Å². The van der Waals surface area contributed by atoms with Gasteiger partial charge < -0.3 is 14.6 Å². The molecule has 8 nitrogen and oxygen atoms in total. The fourth-order valence-corrected chi connectivity index (χ4v) is 2.64. The molecule has 0 unspecified atom stereocenters. The summed E-state index contributed by atoms with van der Waals surface area (Å²) in [5.41, 5.74) is 3.91. The number of hydrogen-bond donors (Lipinski definition) is 2. The molecular weight excluding hydrogens is 386 g/mol. The largest absolute Gasteiger partial charge is 0.455 e. The monoisotopic (exact) mass is 407 g/mol. The zero-order valence-corrected chi connectivity index (χ0v) is 16.6. The zero-order chi connectivity index (χ0) is 21.5. The van der Waals surface area contributed by atoms with Crippen molar-refractivity contribution in [3.05, 3.63) is 65.7 Å². The highest BCUT2D eigenvalue weighted by Gasteiger charge is 2.12. The topological polar surface area (TPSA) is 111 Å². The minimum Gasteiger partial charge on any atom is -0.455 e. The average Bonchev–Trinajstić information content (AvgIpc) is 3.16. The molecule has 2 N–H and O–H groups in total. The van der Waals surface area contributed by atoms with Gasteiger partial charge in [-0.3, -0.25) is 19.7 Å². The van der Waals surface area contributed by atoms with E-state index in [2.05, 4.69) is 15.8 Å². The lowest BCUT2D eigenvalue weighted by molar-refractivity contribution is -0.146. The summed E-state index contributed by atoms with van der Waals surface area (Å²) in [7, 11) is 0. The molecule has 3 rings (SSSR count). The van der Waals surface area contributed by atoms with Gasteiger partial charge in [0.2, 0.25) is 11.8 Å². The summed E-state index contributed by atoms with van der Waals surface area (Å²) in [4.78, 5) is 34.9. The quantitative estimate of drug-likeness (QED) is 0.581. The number of esters is 1. The lowest BCUT2D eigenvalue weighted by atomic mass is 10.1. The third kappa shape index (κ3) is 6.03. The standard InChI is InChI=1S/C22H21N3O5/c1-14-3-7-17(8-4-14)19-12-21(30-25-19)24-20(27)13-29-22(28)11-16-5-9-18(10-6-16)23-15(2)26/h3-10,12H,11,13H2,1-2H3,(H,23,26)(H,24,27). The van der Waals surface area contributed by atoms with Crippen molar-refractivity contribution in [1.82, 2.24) is 5.16 Å². The molecule has 1 aromatic heterocycles. The molecule has 0 spiro atoms. The summed E-state index contributed by atoms with van der Waals surface area (Å²) in [6.07, 6.45) is 0.00745. The first-order valence-corrected chi connectivity index (χ1v) is 9.25. The molecule has 0 radical (unpaired) electrons. The van der Waals surface area contributed by atoms with Crippen molar-refractivity contribution in [2.24, 2.45) is 0 Å². The Balaban J connectivity index is 1.46. The van der Waals surface area contributed by atoms with Crippen LogP contribution in [0.15, 0.2) is 59.1 Å². The van der Waals surface area contributed by atoms with E-state index in [1.165, 1.54) is 6.92 Å². The van der Waals surface area contributed by atoms with Crippen molar-refractivity contribution >= 4 is 29.4 Å². The lowest BCUT2D eigenvalue weighted by Crippen LogP contribution is -2.21. The highest BCUT2D eigenvalue weighted by molar-refractivity contribution is 5.92. The Bertz CT molecular complexity index is 1040. The molecule has 2 aromatic carbocycles. The van der Waals surface area contributed by atoms with Crippen LogP contribution in [0.25, 0.3) is 11.3 Å². The molecule has 0 saturated carbocycles. The predicted molar refractivity (Wildman–Crippen MR) is 111 cm³/mol. The summed E-state index contributed by atoms with van der Waals surface area (Å²) in [6.45, 7) is 2.96. The number of carbonyl (C=O) groups is 3. The first-order valence-electron chi connectivity index (χ1n) is 9.25. The van der Waals surface area contributed by atoms with Crippen molar-refractivity contribution in [2.45, 2.75) is 20.3 Å². The van der Waals surface area contributed by atoms with Crippen LogP contribution in [-0.4, -0.2) is 29.5 Å². The lowest BCUT2D eigenvalue weighted by Gasteiger charge is -2.06. The van der Waals surface area contributed by atoms with Crippen LogP contribution in [-0.2, 0) is 25.5 Å². The van der Waals surface area contributed by atoms with Gasteiger partial charge in [0.25, 0.3) is 5.91 Å². The molecular formula is C22H21N3O5. The summed E-state index contributed by atoms with van der Waals surface area (Å²) in [5, 5.41) is 9.07. The first kappa shape index (κ1) is 20.8. The van der Waals surface area contributed by atoms with Crippen LogP contribution >= 0.6 is 0 Å². The second-order valence-electron chi connectivity index (χ2n) is 6.71. The molecule has 30 heavy (non-hydrogen) atoms. The second-order valence-corrected chi connectivity index (χ2v) is 6.71. The van der Waals surface area contributed by atoms with E-state index in [4.69, 9.17) is 9.26 Å². The number of aryl methyl sites for hydroxylation is 1. The van der Waals surface area contributed by atoms with Crippen molar-refractivity contribution in [2.75, 3.05) is 17.2 Å². The number of hydrogen-bond acceptors (Lipinski definition) is 6. The van der Waals surface area contributed by atoms with E-state index < -0.39 is 18.5 Å². The molecule has 0 saturated heterocycles. The second kappa shape index (κ2) is 9.51. The number of benzene rings is 2. The third-order valence-electron chi connectivity index (χ3n) is 4.11. The number of nitrogens with one attached hydrogen (secondary N) is 2. The molecule has 0 aliphatic heterocycles. The molecule has 1 heterocycles. The van der Waals surface area contributed by atoms with Crippen LogP contribution in [0.2, 0.25) is 0 Å². The summed E-state index contributed by atoms with van der Waals surface area (Å²) >= 11 is 0. The number of nitrogens with zero attached hydrogens (tertiary/aromatic N) is 1. The zero-order valence-electron chi connectivity index (χ0n) is 16.6. The minimum absolute atomic E-state index is 0.00745. The number of carbonyl (C=O) groups excluding carboxylic acids is 3. The normalized spacial score (nSPS) is 10.3. The number of anilines is 2. The Hall–Kier alpha value is -3.94. The maximum absolute atomic E-state index is 12.0. The molecule has 0 bridgehead atoms. The number of ether oxygens (including phenoxy) is 1. The Morgan fingerprint density at radius 1 is 1.00 bits per heavy atom. The van der Waals surface area contributed by atoms with Gasteiger partial charge in [-0.1, -0.05) is 47.1 Å². The van der Waals surface area contributed by atoms with Crippen molar-refractivity contribution in [3.8, 4) is 11.3 Å². The molecule has 0 atom stereocenters. The van der Waals surface area contributed by atoms with E-state index in [1.807, 2.05) is 31.2 Å². The fourth-order valence-electron chi connectivity index (χ4n) is 2.64. The molecule has 2 amide bonds. The minimum atomic E-state index is -0.546. The molecule has 0 aliphatic rings. The molecule has 3 aromatic rings. The van der Waals surface area contributed by atoms with Gasteiger partial charge in [-0.05, 0) is 24.6 Å². The van der Waals surface area contributed by atoms with Gasteiger partial charge in [-0.15, -0.1) is 0 Å². The maximum Gasteiger partial charge on any atom is 0.310 e. The Kier molecular flexibility index (Phi) is 6.59.